The molecule has 1 heterocycles. The minimum absolute atomic E-state index is 0.585. The van der Waals surface area contributed by atoms with Crippen molar-refractivity contribution in [3.05, 3.63) is 35.9 Å². The summed E-state index contributed by atoms with van der Waals surface area (Å²) < 4.78 is 0. The molecule has 0 spiro atoms. The molecule has 2 N–H and O–H groups in total. The summed E-state index contributed by atoms with van der Waals surface area (Å²) in [6.07, 6.45) is 1.93. The zero-order valence-electron chi connectivity index (χ0n) is 11.3. The molecule has 0 fully saturated rings. The number of aromatic nitrogens is 2. The van der Waals surface area contributed by atoms with Gasteiger partial charge in [0.15, 0.2) is 5.16 Å². The van der Waals surface area contributed by atoms with Gasteiger partial charge < -0.3 is 10.6 Å². The lowest BCUT2D eigenvalue weighted by molar-refractivity contribution is 0.967. The lowest BCUT2D eigenvalue weighted by atomic mass is 10.2. The van der Waals surface area contributed by atoms with Crippen LogP contribution in [0.2, 0.25) is 0 Å². The summed E-state index contributed by atoms with van der Waals surface area (Å²) in [4.78, 5) is 8.76. The highest BCUT2D eigenvalue weighted by Crippen LogP contribution is 2.22. The third kappa shape index (κ3) is 3.39. The van der Waals surface area contributed by atoms with Crippen molar-refractivity contribution in [2.45, 2.75) is 12.1 Å². The van der Waals surface area contributed by atoms with Crippen LogP contribution in [-0.4, -0.2) is 22.8 Å². The molecule has 20 heavy (non-hydrogen) atoms. The molecule has 6 heteroatoms. The zero-order chi connectivity index (χ0) is 14.4. The molecule has 1 aromatic heterocycles. The predicted molar refractivity (Wildman–Crippen MR) is 82.4 cm³/mol. The fourth-order valence-corrected chi connectivity index (χ4v) is 2.06. The van der Waals surface area contributed by atoms with Crippen LogP contribution >= 0.6 is 11.8 Å². The van der Waals surface area contributed by atoms with Gasteiger partial charge in [0.1, 0.15) is 17.7 Å². The number of rotatable bonds is 5. The Morgan fingerprint density at radius 1 is 1.25 bits per heavy atom. The molecule has 0 saturated heterocycles. The van der Waals surface area contributed by atoms with Crippen LogP contribution in [0.1, 0.15) is 12.5 Å². The summed E-state index contributed by atoms with van der Waals surface area (Å²) in [7, 11) is 0. The molecule has 0 unspecified atom stereocenters. The van der Waals surface area contributed by atoms with Crippen molar-refractivity contribution >= 4 is 29.1 Å². The van der Waals surface area contributed by atoms with E-state index in [2.05, 4.69) is 26.7 Å². The van der Waals surface area contributed by atoms with Gasteiger partial charge in [-0.1, -0.05) is 23.9 Å². The standard InChI is InChI=1S/C14H15N5S/c1-3-16-12-8-13(19-14(18-12)20-2)17-11-7-5-4-6-10(11)9-15/h4-8H,3H2,1-2H3,(H2,16,17,18,19). The van der Waals surface area contributed by atoms with Crippen LogP contribution in [0, 0.1) is 11.3 Å². The SMILES string of the molecule is CCNc1cc(Nc2ccccc2C#N)nc(SC)n1. The van der Waals surface area contributed by atoms with E-state index in [0.29, 0.717) is 16.5 Å². The lowest BCUT2D eigenvalue weighted by Crippen LogP contribution is -2.04. The van der Waals surface area contributed by atoms with E-state index < -0.39 is 0 Å². The van der Waals surface area contributed by atoms with Crippen LogP contribution in [0.15, 0.2) is 35.5 Å². The van der Waals surface area contributed by atoms with Crippen LogP contribution in [0.4, 0.5) is 17.3 Å². The minimum atomic E-state index is 0.585. The van der Waals surface area contributed by atoms with E-state index in [0.717, 1.165) is 18.1 Å². The first-order chi connectivity index (χ1) is 9.76. The van der Waals surface area contributed by atoms with Gasteiger partial charge in [0.25, 0.3) is 0 Å². The van der Waals surface area contributed by atoms with Crippen molar-refractivity contribution in [2.24, 2.45) is 0 Å². The number of hydrogen-bond donors (Lipinski definition) is 2. The largest absolute Gasteiger partial charge is 0.370 e. The number of anilines is 3. The van der Waals surface area contributed by atoms with Crippen molar-refractivity contribution in [3.63, 3.8) is 0 Å². The topological polar surface area (TPSA) is 73.6 Å². The average molecular weight is 285 g/mol. The highest BCUT2D eigenvalue weighted by atomic mass is 32.2. The van der Waals surface area contributed by atoms with E-state index in [4.69, 9.17) is 5.26 Å². The van der Waals surface area contributed by atoms with Gasteiger partial charge in [-0.15, -0.1) is 0 Å². The van der Waals surface area contributed by atoms with Gasteiger partial charge in [-0.25, -0.2) is 9.97 Å². The van der Waals surface area contributed by atoms with Gasteiger partial charge in [0, 0.05) is 12.6 Å². The Morgan fingerprint density at radius 3 is 2.70 bits per heavy atom. The second-order valence-electron chi connectivity index (χ2n) is 3.94. The number of para-hydroxylation sites is 1. The number of benzene rings is 1. The number of nitriles is 1. The Kier molecular flexibility index (Phi) is 4.80. The van der Waals surface area contributed by atoms with Crippen LogP contribution in [0.5, 0.6) is 0 Å². The van der Waals surface area contributed by atoms with E-state index in [1.54, 1.807) is 6.07 Å². The number of nitrogens with one attached hydrogen (secondary N) is 2. The minimum Gasteiger partial charge on any atom is -0.370 e. The van der Waals surface area contributed by atoms with Gasteiger partial charge in [-0.3, -0.25) is 0 Å². The second-order valence-corrected chi connectivity index (χ2v) is 4.71. The number of nitrogens with zero attached hydrogens (tertiary/aromatic N) is 3. The molecule has 2 aromatic rings. The van der Waals surface area contributed by atoms with Gasteiger partial charge in [-0.2, -0.15) is 5.26 Å². The Hall–Kier alpha value is -2.26. The summed E-state index contributed by atoms with van der Waals surface area (Å²) in [6, 6.07) is 11.3. The summed E-state index contributed by atoms with van der Waals surface area (Å²) in [6.45, 7) is 2.80. The molecular formula is C14H15N5S. The molecule has 0 amide bonds. The fourth-order valence-electron chi connectivity index (χ4n) is 1.68. The van der Waals surface area contributed by atoms with Gasteiger partial charge in [-0.05, 0) is 25.3 Å². The van der Waals surface area contributed by atoms with Crippen molar-refractivity contribution in [2.75, 3.05) is 23.4 Å². The molecule has 0 radical (unpaired) electrons. The van der Waals surface area contributed by atoms with Crippen molar-refractivity contribution < 1.29 is 0 Å². The van der Waals surface area contributed by atoms with Crippen LogP contribution in [0.3, 0.4) is 0 Å². The van der Waals surface area contributed by atoms with Gasteiger partial charge >= 0.3 is 0 Å². The first-order valence-corrected chi connectivity index (χ1v) is 7.42. The summed E-state index contributed by atoms with van der Waals surface area (Å²) in [5, 5.41) is 16.1. The maximum absolute atomic E-state index is 9.10. The lowest BCUT2D eigenvalue weighted by Gasteiger charge is -2.10. The maximum Gasteiger partial charge on any atom is 0.191 e. The molecule has 1 aromatic carbocycles. The molecule has 102 valence electrons. The van der Waals surface area contributed by atoms with Crippen molar-refractivity contribution in [1.29, 1.82) is 5.26 Å². The second kappa shape index (κ2) is 6.78. The number of hydrogen-bond acceptors (Lipinski definition) is 6. The Labute approximate surface area is 122 Å². The monoisotopic (exact) mass is 285 g/mol. The first-order valence-electron chi connectivity index (χ1n) is 6.20. The Morgan fingerprint density at radius 2 is 2.00 bits per heavy atom. The van der Waals surface area contributed by atoms with Crippen molar-refractivity contribution in [3.8, 4) is 6.07 Å². The molecule has 0 atom stereocenters. The summed E-state index contributed by atoms with van der Waals surface area (Å²) >= 11 is 1.48. The van der Waals surface area contributed by atoms with Crippen LogP contribution in [0.25, 0.3) is 0 Å². The van der Waals surface area contributed by atoms with E-state index in [1.165, 1.54) is 11.8 Å². The molecule has 0 saturated carbocycles. The summed E-state index contributed by atoms with van der Waals surface area (Å²) in [5.74, 6) is 1.44. The molecule has 0 aliphatic rings. The van der Waals surface area contributed by atoms with Gasteiger partial charge in [0.05, 0.1) is 11.3 Å². The third-order valence-corrected chi connectivity index (χ3v) is 3.10. The van der Waals surface area contributed by atoms with Crippen LogP contribution < -0.4 is 10.6 Å². The maximum atomic E-state index is 9.10. The molecule has 5 nitrogen and oxygen atoms in total. The quantitative estimate of drug-likeness (QED) is 0.649. The van der Waals surface area contributed by atoms with E-state index in [-0.39, 0.29) is 0 Å². The highest BCUT2D eigenvalue weighted by molar-refractivity contribution is 7.98. The Balaban J connectivity index is 2.33. The highest BCUT2D eigenvalue weighted by Gasteiger charge is 2.06. The first kappa shape index (κ1) is 14.2. The van der Waals surface area contributed by atoms with E-state index >= 15 is 0 Å². The smallest absolute Gasteiger partial charge is 0.191 e. The third-order valence-electron chi connectivity index (χ3n) is 2.56. The Bertz CT molecular complexity index is 636. The number of thioether (sulfide) groups is 1. The van der Waals surface area contributed by atoms with E-state index in [9.17, 15) is 0 Å². The zero-order valence-corrected chi connectivity index (χ0v) is 12.2. The van der Waals surface area contributed by atoms with Crippen LogP contribution in [-0.2, 0) is 0 Å². The normalized spacial score (nSPS) is 9.85. The van der Waals surface area contributed by atoms with E-state index in [1.807, 2.05) is 37.4 Å². The molecule has 0 aliphatic carbocycles. The van der Waals surface area contributed by atoms with Gasteiger partial charge in [0.2, 0.25) is 0 Å². The summed E-state index contributed by atoms with van der Waals surface area (Å²) in [5.41, 5.74) is 1.32. The fraction of sp³-hybridized carbons (Fsp3) is 0.214. The average Bonchev–Trinajstić information content (AvgIpc) is 2.48. The molecule has 0 aliphatic heterocycles. The predicted octanol–water partition coefficient (Wildman–Crippen LogP) is 3.25. The molecular weight excluding hydrogens is 270 g/mol. The molecule has 0 bridgehead atoms. The molecule has 2 rings (SSSR count). The van der Waals surface area contributed by atoms with Crippen molar-refractivity contribution in [1.82, 2.24) is 9.97 Å².